The topological polar surface area (TPSA) is 32.3 Å². The van der Waals surface area contributed by atoms with Crippen molar-refractivity contribution in [3.05, 3.63) is 34.9 Å². The van der Waals surface area contributed by atoms with Crippen LogP contribution in [0.2, 0.25) is 5.02 Å². The van der Waals surface area contributed by atoms with E-state index in [0.29, 0.717) is 6.54 Å². The summed E-state index contributed by atoms with van der Waals surface area (Å²) in [6.45, 7) is 2.78. The molecule has 0 amide bonds. The van der Waals surface area contributed by atoms with E-state index in [2.05, 4.69) is 18.3 Å². The zero-order valence-corrected chi connectivity index (χ0v) is 12.4. The molecule has 0 spiro atoms. The average Bonchev–Trinajstić information content (AvgIpc) is 2.61. The Balaban J connectivity index is 1.90. The summed E-state index contributed by atoms with van der Waals surface area (Å²) in [7, 11) is 0. The standard InChI is InChI=1S/C16H24ClNO/c1-13(14-7-6-8-15(17)11-14)18-12-16(19)9-4-2-3-5-10-16/h6-8,11,13,18-19H,2-5,9-10,12H2,1H3/t13-/m1/s1. The van der Waals surface area contributed by atoms with Gasteiger partial charge < -0.3 is 10.4 Å². The lowest BCUT2D eigenvalue weighted by Gasteiger charge is -2.29. The molecule has 1 fully saturated rings. The summed E-state index contributed by atoms with van der Waals surface area (Å²) in [5.74, 6) is 0. The molecule has 1 atom stereocenters. The molecule has 0 unspecified atom stereocenters. The van der Waals surface area contributed by atoms with Crippen LogP contribution in [-0.2, 0) is 0 Å². The monoisotopic (exact) mass is 281 g/mol. The fraction of sp³-hybridized carbons (Fsp3) is 0.625. The van der Waals surface area contributed by atoms with E-state index in [9.17, 15) is 5.11 Å². The fourth-order valence-electron chi connectivity index (χ4n) is 2.80. The summed E-state index contributed by atoms with van der Waals surface area (Å²) in [6.07, 6.45) is 6.64. The minimum absolute atomic E-state index is 0.214. The van der Waals surface area contributed by atoms with Crippen LogP contribution in [0.15, 0.2) is 24.3 Å². The smallest absolute Gasteiger partial charge is 0.0771 e. The SMILES string of the molecule is C[C@@H](NCC1(O)CCCCCC1)c1cccc(Cl)c1. The van der Waals surface area contributed by atoms with Crippen LogP contribution in [0.3, 0.4) is 0 Å². The molecule has 19 heavy (non-hydrogen) atoms. The summed E-state index contributed by atoms with van der Waals surface area (Å²) in [6, 6.07) is 8.12. The molecule has 3 heteroatoms. The van der Waals surface area contributed by atoms with Crippen LogP contribution in [0.1, 0.15) is 57.1 Å². The average molecular weight is 282 g/mol. The zero-order chi connectivity index (χ0) is 13.7. The molecule has 0 aromatic heterocycles. The molecule has 106 valence electrons. The Morgan fingerprint density at radius 2 is 1.95 bits per heavy atom. The summed E-state index contributed by atoms with van der Waals surface area (Å²) in [5, 5.41) is 14.8. The molecule has 1 aromatic carbocycles. The lowest BCUT2D eigenvalue weighted by atomic mass is 9.94. The Kier molecular flexibility index (Phi) is 5.26. The maximum Gasteiger partial charge on any atom is 0.0771 e. The van der Waals surface area contributed by atoms with Crippen molar-refractivity contribution < 1.29 is 5.11 Å². The van der Waals surface area contributed by atoms with Crippen LogP contribution in [0.4, 0.5) is 0 Å². The van der Waals surface area contributed by atoms with Crippen LogP contribution in [0.5, 0.6) is 0 Å². The van der Waals surface area contributed by atoms with Gasteiger partial charge in [-0.1, -0.05) is 49.4 Å². The minimum Gasteiger partial charge on any atom is -0.389 e. The number of halogens is 1. The molecule has 2 nitrogen and oxygen atoms in total. The van der Waals surface area contributed by atoms with Gasteiger partial charge in [0, 0.05) is 17.6 Å². The van der Waals surface area contributed by atoms with Crippen LogP contribution in [0, 0.1) is 0 Å². The first kappa shape index (κ1) is 14.8. The van der Waals surface area contributed by atoms with Gasteiger partial charge in [0.15, 0.2) is 0 Å². The van der Waals surface area contributed by atoms with E-state index in [0.717, 1.165) is 30.7 Å². The molecule has 0 radical (unpaired) electrons. The van der Waals surface area contributed by atoms with Gasteiger partial charge in [-0.3, -0.25) is 0 Å². The van der Waals surface area contributed by atoms with E-state index in [-0.39, 0.29) is 6.04 Å². The molecule has 2 rings (SSSR count). The normalized spacial score (nSPS) is 20.8. The minimum atomic E-state index is -0.524. The van der Waals surface area contributed by atoms with Crippen LogP contribution < -0.4 is 5.32 Å². The third kappa shape index (κ3) is 4.48. The van der Waals surface area contributed by atoms with Gasteiger partial charge in [-0.2, -0.15) is 0 Å². The van der Waals surface area contributed by atoms with Crippen LogP contribution in [-0.4, -0.2) is 17.3 Å². The molecule has 1 aliphatic carbocycles. The first-order chi connectivity index (χ1) is 9.09. The highest BCUT2D eigenvalue weighted by Gasteiger charge is 2.28. The molecule has 0 heterocycles. The molecule has 1 aromatic rings. The maximum atomic E-state index is 10.6. The summed E-state index contributed by atoms with van der Waals surface area (Å²) < 4.78 is 0. The van der Waals surface area contributed by atoms with Crippen molar-refractivity contribution >= 4 is 11.6 Å². The van der Waals surface area contributed by atoms with Gasteiger partial charge in [-0.25, -0.2) is 0 Å². The number of nitrogens with one attached hydrogen (secondary N) is 1. The van der Waals surface area contributed by atoms with E-state index in [1.54, 1.807) is 0 Å². The van der Waals surface area contributed by atoms with E-state index in [4.69, 9.17) is 11.6 Å². The van der Waals surface area contributed by atoms with Gasteiger partial charge in [0.2, 0.25) is 0 Å². The zero-order valence-electron chi connectivity index (χ0n) is 11.7. The number of benzene rings is 1. The van der Waals surface area contributed by atoms with Gasteiger partial charge in [0.1, 0.15) is 0 Å². The fourth-order valence-corrected chi connectivity index (χ4v) is 3.00. The Bertz CT molecular complexity index is 399. The third-order valence-corrected chi connectivity index (χ3v) is 4.36. The second kappa shape index (κ2) is 6.74. The van der Waals surface area contributed by atoms with Crippen molar-refractivity contribution in [2.45, 2.75) is 57.1 Å². The summed E-state index contributed by atoms with van der Waals surface area (Å²) >= 11 is 6.01. The first-order valence-corrected chi connectivity index (χ1v) is 7.68. The molecule has 1 aliphatic rings. The molecular weight excluding hydrogens is 258 g/mol. The highest BCUT2D eigenvalue weighted by molar-refractivity contribution is 6.30. The Morgan fingerprint density at radius 3 is 2.58 bits per heavy atom. The van der Waals surface area contributed by atoms with Gasteiger partial charge in [0.05, 0.1) is 5.60 Å². The van der Waals surface area contributed by atoms with E-state index in [1.807, 2.05) is 18.2 Å². The predicted molar refractivity (Wildman–Crippen MR) is 80.5 cm³/mol. The number of hydrogen-bond acceptors (Lipinski definition) is 2. The van der Waals surface area contributed by atoms with E-state index >= 15 is 0 Å². The predicted octanol–water partition coefficient (Wildman–Crippen LogP) is 4.08. The lowest BCUT2D eigenvalue weighted by molar-refractivity contribution is 0.0231. The van der Waals surface area contributed by atoms with Crippen molar-refractivity contribution in [2.24, 2.45) is 0 Å². The first-order valence-electron chi connectivity index (χ1n) is 7.30. The van der Waals surface area contributed by atoms with Crippen molar-refractivity contribution in [1.82, 2.24) is 5.32 Å². The van der Waals surface area contributed by atoms with Crippen molar-refractivity contribution in [2.75, 3.05) is 6.54 Å². The van der Waals surface area contributed by atoms with E-state index in [1.165, 1.54) is 18.4 Å². The quantitative estimate of drug-likeness (QED) is 0.815. The molecule has 0 saturated heterocycles. The van der Waals surface area contributed by atoms with Gasteiger partial charge in [0.25, 0.3) is 0 Å². The van der Waals surface area contributed by atoms with Crippen molar-refractivity contribution in [3.63, 3.8) is 0 Å². The maximum absolute atomic E-state index is 10.6. The molecule has 2 N–H and O–H groups in total. The second-order valence-corrected chi connectivity index (χ2v) is 6.23. The highest BCUT2D eigenvalue weighted by atomic mass is 35.5. The summed E-state index contributed by atoms with van der Waals surface area (Å²) in [5.41, 5.74) is 0.647. The largest absolute Gasteiger partial charge is 0.389 e. The Labute approximate surface area is 121 Å². The number of aliphatic hydroxyl groups is 1. The molecule has 0 bridgehead atoms. The molecular formula is C16H24ClNO. The lowest BCUT2D eigenvalue weighted by Crippen LogP contribution is -2.41. The Morgan fingerprint density at radius 1 is 1.26 bits per heavy atom. The van der Waals surface area contributed by atoms with Gasteiger partial charge >= 0.3 is 0 Å². The third-order valence-electron chi connectivity index (χ3n) is 4.12. The van der Waals surface area contributed by atoms with Crippen molar-refractivity contribution in [1.29, 1.82) is 0 Å². The van der Waals surface area contributed by atoms with Crippen LogP contribution >= 0.6 is 11.6 Å². The van der Waals surface area contributed by atoms with Crippen LogP contribution in [0.25, 0.3) is 0 Å². The second-order valence-electron chi connectivity index (χ2n) is 5.80. The van der Waals surface area contributed by atoms with E-state index < -0.39 is 5.60 Å². The summed E-state index contributed by atoms with van der Waals surface area (Å²) in [4.78, 5) is 0. The Hall–Kier alpha value is -0.570. The molecule has 0 aliphatic heterocycles. The van der Waals surface area contributed by atoms with Crippen molar-refractivity contribution in [3.8, 4) is 0 Å². The molecule has 1 saturated carbocycles. The number of hydrogen-bond donors (Lipinski definition) is 2. The highest BCUT2D eigenvalue weighted by Crippen LogP contribution is 2.27. The number of rotatable bonds is 4. The van der Waals surface area contributed by atoms with Gasteiger partial charge in [-0.05, 0) is 37.5 Å². The van der Waals surface area contributed by atoms with Gasteiger partial charge in [-0.15, -0.1) is 0 Å².